The van der Waals surface area contributed by atoms with Crippen LogP contribution in [0.1, 0.15) is 0 Å². The zero-order chi connectivity index (χ0) is 4.24. The summed E-state index contributed by atoms with van der Waals surface area (Å²) >= 11 is 0. The van der Waals surface area contributed by atoms with Crippen molar-refractivity contribution >= 4 is 0 Å². The van der Waals surface area contributed by atoms with Gasteiger partial charge in [0.2, 0.25) is 0 Å². The normalized spacial score (nSPS) is 8.00. The van der Waals surface area contributed by atoms with Crippen molar-refractivity contribution in [2.75, 3.05) is 0 Å². The predicted octanol–water partition coefficient (Wildman–Crippen LogP) is 0.477. The molecule has 0 spiro atoms. The molecule has 0 aliphatic heterocycles. The van der Waals surface area contributed by atoms with Crippen molar-refractivity contribution in [3.63, 3.8) is 0 Å². The maximum Gasteiger partial charge on any atom is 0.115 e. The fourth-order valence-corrected chi connectivity index (χ4v) is 0.253. The Morgan fingerprint density at radius 2 is 1.67 bits per heavy atom. The van der Waals surface area contributed by atoms with Crippen molar-refractivity contribution in [3.05, 3.63) is 24.8 Å². The second kappa shape index (κ2) is 1.50. The van der Waals surface area contributed by atoms with Gasteiger partial charge in [-0.05, 0) is 6.07 Å². The average Bonchev–Trinajstić information content (AvgIpc) is 1.72. The van der Waals surface area contributed by atoms with E-state index >= 15 is 0 Å². The van der Waals surface area contributed by atoms with E-state index in [4.69, 9.17) is 0 Å². The largest absolute Gasteiger partial charge is 0.245 e. The molecule has 0 saturated heterocycles. The van der Waals surface area contributed by atoms with Crippen molar-refractivity contribution in [1.82, 2.24) is 9.97 Å². The molecule has 0 amide bonds. The molecule has 0 radical (unpaired) electrons. The van der Waals surface area contributed by atoms with E-state index in [1.807, 2.05) is 0 Å². The summed E-state index contributed by atoms with van der Waals surface area (Å²) in [4.78, 5) is 7.35. The van der Waals surface area contributed by atoms with Crippen LogP contribution in [0.15, 0.2) is 24.8 Å². The molecule has 0 fully saturated rings. The maximum absolute atomic E-state index is 3.67. The molecule has 0 unspecified atom stereocenters. The van der Waals surface area contributed by atoms with Crippen molar-refractivity contribution < 1.29 is 0 Å². The molecular formula is C4H4N2. The molecule has 30 valence electrons. The first-order valence-corrected chi connectivity index (χ1v) is 1.70. The molecule has 1 aromatic rings. The summed E-state index contributed by atoms with van der Waals surface area (Å²) in [5.74, 6) is 0. The number of hydrogen-bond acceptors (Lipinski definition) is 2. The van der Waals surface area contributed by atoms with Crippen LogP contribution in [0.25, 0.3) is 0 Å². The zero-order valence-electron chi connectivity index (χ0n) is 3.20. The summed E-state index contributed by atoms with van der Waals surface area (Å²) in [7, 11) is 0. The number of nitrogens with zero attached hydrogens (tertiary/aromatic N) is 2. The molecular weight excluding hydrogens is 78.0 g/mol. The Morgan fingerprint density at radius 1 is 1.00 bits per heavy atom. The Kier molecular flexibility index (Phi) is 0.819. The van der Waals surface area contributed by atoms with E-state index in [2.05, 4.69) is 9.97 Å². The number of rotatable bonds is 0. The summed E-state index contributed by atoms with van der Waals surface area (Å²) in [5.41, 5.74) is 0. The average molecular weight is 82.1 g/mol. The molecule has 1 aromatic heterocycles. The first-order valence-electron chi connectivity index (χ1n) is 1.70. The molecule has 0 atom stereocenters. The number of aromatic nitrogens is 2. The smallest absolute Gasteiger partial charge is 0.115 e. The molecule has 0 aromatic carbocycles. The van der Waals surface area contributed by atoms with Gasteiger partial charge < -0.3 is 0 Å². The summed E-state index contributed by atoms with van der Waals surface area (Å²) < 4.78 is 0. The SMILES string of the molecule is c1c[15n]c[15n]c1. The Labute approximate surface area is 35.9 Å². The lowest BCUT2D eigenvalue weighted by Gasteiger charge is -1.70. The topological polar surface area (TPSA) is 25.8 Å². The first-order chi connectivity index (χ1) is 3.00. The van der Waals surface area contributed by atoms with Gasteiger partial charge in [-0.3, -0.25) is 0 Å². The van der Waals surface area contributed by atoms with Crippen LogP contribution in [-0.4, -0.2) is 9.97 Å². The van der Waals surface area contributed by atoms with Gasteiger partial charge >= 0.3 is 0 Å². The van der Waals surface area contributed by atoms with Gasteiger partial charge in [-0.2, -0.15) is 0 Å². The van der Waals surface area contributed by atoms with Crippen LogP contribution in [0.5, 0.6) is 0 Å². The van der Waals surface area contributed by atoms with Crippen LogP contribution in [-0.2, 0) is 0 Å². The lowest BCUT2D eigenvalue weighted by molar-refractivity contribution is 1.17. The minimum absolute atomic E-state index is 1.50. The minimum atomic E-state index is 1.50. The molecule has 1 rings (SSSR count). The lowest BCUT2D eigenvalue weighted by atomic mass is 10.7. The van der Waals surface area contributed by atoms with E-state index in [1.54, 1.807) is 18.5 Å². The zero-order valence-corrected chi connectivity index (χ0v) is 3.20. The van der Waals surface area contributed by atoms with Gasteiger partial charge in [0.1, 0.15) is 6.33 Å². The van der Waals surface area contributed by atoms with E-state index in [0.717, 1.165) is 0 Å². The van der Waals surface area contributed by atoms with Gasteiger partial charge in [-0.1, -0.05) is 0 Å². The fourth-order valence-electron chi connectivity index (χ4n) is 0.253. The third-order valence-corrected chi connectivity index (χ3v) is 0.478. The summed E-state index contributed by atoms with van der Waals surface area (Å²) in [6.07, 6.45) is 4.88. The van der Waals surface area contributed by atoms with Crippen LogP contribution in [0.3, 0.4) is 0 Å². The number of hydrogen-bond donors (Lipinski definition) is 0. The van der Waals surface area contributed by atoms with E-state index in [9.17, 15) is 0 Å². The summed E-state index contributed by atoms with van der Waals surface area (Å²) in [6.45, 7) is 0. The van der Waals surface area contributed by atoms with Gasteiger partial charge in [0.25, 0.3) is 0 Å². The molecule has 0 bridgehead atoms. The van der Waals surface area contributed by atoms with Crippen LogP contribution >= 0.6 is 0 Å². The van der Waals surface area contributed by atoms with Crippen LogP contribution in [0, 0.1) is 0 Å². The summed E-state index contributed by atoms with van der Waals surface area (Å²) in [6, 6.07) is 1.78. The van der Waals surface area contributed by atoms with Crippen molar-refractivity contribution in [1.29, 1.82) is 0 Å². The second-order valence-corrected chi connectivity index (χ2v) is 0.904. The lowest BCUT2D eigenvalue weighted by Crippen LogP contribution is -1.66. The monoisotopic (exact) mass is 82.0 g/mol. The van der Waals surface area contributed by atoms with Gasteiger partial charge in [0, 0.05) is 12.4 Å². The third-order valence-electron chi connectivity index (χ3n) is 0.478. The molecule has 0 aliphatic carbocycles. The molecule has 2 nitrogen and oxygen atoms in total. The highest BCUT2D eigenvalue weighted by Gasteiger charge is 1.59. The van der Waals surface area contributed by atoms with Gasteiger partial charge in [0.05, 0.1) is 0 Å². The van der Waals surface area contributed by atoms with Crippen LogP contribution in [0.2, 0.25) is 0 Å². The van der Waals surface area contributed by atoms with Crippen LogP contribution < -0.4 is 0 Å². The molecule has 6 heavy (non-hydrogen) atoms. The fraction of sp³-hybridized carbons (Fsp3) is 0. The maximum atomic E-state index is 3.67. The Morgan fingerprint density at radius 3 is 1.83 bits per heavy atom. The van der Waals surface area contributed by atoms with E-state index in [-0.39, 0.29) is 0 Å². The predicted molar refractivity (Wildman–Crippen MR) is 22.0 cm³/mol. The van der Waals surface area contributed by atoms with Gasteiger partial charge in [0.15, 0.2) is 0 Å². The molecule has 0 saturated carbocycles. The van der Waals surface area contributed by atoms with Crippen molar-refractivity contribution in [2.24, 2.45) is 0 Å². The van der Waals surface area contributed by atoms with Gasteiger partial charge in [-0.25, -0.2) is 9.97 Å². The first kappa shape index (κ1) is 3.28. The van der Waals surface area contributed by atoms with Crippen molar-refractivity contribution in [2.45, 2.75) is 0 Å². The summed E-state index contributed by atoms with van der Waals surface area (Å²) in [5, 5.41) is 0. The standard InChI is InChI=1S/C4H4N2/c1-2-5-4-6-3-1/h1-4H/i5+1,6+1. The minimum Gasteiger partial charge on any atom is -0.245 e. The van der Waals surface area contributed by atoms with E-state index < -0.39 is 0 Å². The Bertz CT molecular complexity index is 77.5. The van der Waals surface area contributed by atoms with Crippen molar-refractivity contribution in [3.8, 4) is 0 Å². The highest BCUT2D eigenvalue weighted by Crippen LogP contribution is 1.66. The highest BCUT2D eigenvalue weighted by molar-refractivity contribution is 4.74. The molecule has 1 heterocycles. The van der Waals surface area contributed by atoms with Crippen LogP contribution in [0.4, 0.5) is 0 Å². The second-order valence-electron chi connectivity index (χ2n) is 0.904. The molecule has 0 N–H and O–H groups in total. The quantitative estimate of drug-likeness (QED) is 0.454. The third kappa shape index (κ3) is 0.516. The Balaban J connectivity index is 3.00. The van der Waals surface area contributed by atoms with E-state index in [1.165, 1.54) is 6.33 Å². The molecule has 2 heteroatoms. The molecule has 0 aliphatic rings. The van der Waals surface area contributed by atoms with Gasteiger partial charge in [-0.15, -0.1) is 0 Å². The highest BCUT2D eigenvalue weighted by atomic mass is 15.6. The Hall–Kier alpha value is -0.920. The van der Waals surface area contributed by atoms with E-state index in [0.29, 0.717) is 0 Å².